The molecule has 64 valence electrons. The van der Waals surface area contributed by atoms with Gasteiger partial charge in [0.2, 0.25) is 0 Å². The van der Waals surface area contributed by atoms with Crippen LogP contribution in [-0.4, -0.2) is 0 Å². The van der Waals surface area contributed by atoms with Gasteiger partial charge in [-0.05, 0) is 32.6 Å². The molecule has 0 aromatic carbocycles. The summed E-state index contributed by atoms with van der Waals surface area (Å²) in [6, 6.07) is 2.33. The van der Waals surface area contributed by atoms with Crippen LogP contribution >= 0.6 is 0 Å². The standard InChI is InChI=1S/C11H15N/c1-8(2)10-5-4-9(3)11(6-10)7-12/h4,10-11H,1,5-6H2,2-3H3/t10-,11+/m1/s1. The van der Waals surface area contributed by atoms with Gasteiger partial charge in [-0.1, -0.05) is 23.8 Å². The van der Waals surface area contributed by atoms with Crippen LogP contribution in [0.25, 0.3) is 0 Å². The van der Waals surface area contributed by atoms with Crippen molar-refractivity contribution in [2.24, 2.45) is 11.8 Å². The Balaban J connectivity index is 2.72. The molecule has 0 heterocycles. The van der Waals surface area contributed by atoms with Crippen molar-refractivity contribution in [3.8, 4) is 6.07 Å². The number of rotatable bonds is 1. The summed E-state index contributed by atoms with van der Waals surface area (Å²) in [5, 5.41) is 8.84. The minimum atomic E-state index is 0.125. The third-order valence-electron chi connectivity index (χ3n) is 2.65. The lowest BCUT2D eigenvalue weighted by Gasteiger charge is -2.24. The first kappa shape index (κ1) is 9.06. The highest BCUT2D eigenvalue weighted by Gasteiger charge is 2.21. The molecule has 1 rings (SSSR count). The zero-order valence-electron chi connectivity index (χ0n) is 7.80. The SMILES string of the molecule is C=C(C)[C@@H]1CC=C(C)[C@H](C#N)C1. The van der Waals surface area contributed by atoms with Crippen LogP contribution in [0.5, 0.6) is 0 Å². The molecule has 0 N–H and O–H groups in total. The van der Waals surface area contributed by atoms with Gasteiger partial charge in [0.25, 0.3) is 0 Å². The van der Waals surface area contributed by atoms with Crippen LogP contribution in [-0.2, 0) is 0 Å². The molecule has 0 saturated carbocycles. The van der Waals surface area contributed by atoms with E-state index in [1.165, 1.54) is 11.1 Å². The number of hydrogen-bond donors (Lipinski definition) is 0. The van der Waals surface area contributed by atoms with E-state index in [1.807, 2.05) is 13.8 Å². The highest BCUT2D eigenvalue weighted by atomic mass is 14.3. The molecular weight excluding hydrogens is 146 g/mol. The number of allylic oxidation sites excluding steroid dienone is 3. The summed E-state index contributed by atoms with van der Waals surface area (Å²) >= 11 is 0. The zero-order valence-corrected chi connectivity index (χ0v) is 7.80. The summed E-state index contributed by atoms with van der Waals surface area (Å²) in [5.74, 6) is 0.652. The molecule has 1 heteroatoms. The summed E-state index contributed by atoms with van der Waals surface area (Å²) < 4.78 is 0. The molecule has 1 aliphatic rings. The maximum atomic E-state index is 8.84. The van der Waals surface area contributed by atoms with Gasteiger partial charge in [0, 0.05) is 0 Å². The van der Waals surface area contributed by atoms with Crippen molar-refractivity contribution < 1.29 is 0 Å². The van der Waals surface area contributed by atoms with Crippen molar-refractivity contribution in [1.82, 2.24) is 0 Å². The molecular formula is C11H15N. The Morgan fingerprint density at radius 2 is 2.42 bits per heavy atom. The fourth-order valence-corrected chi connectivity index (χ4v) is 1.59. The van der Waals surface area contributed by atoms with E-state index in [-0.39, 0.29) is 5.92 Å². The lowest BCUT2D eigenvalue weighted by Crippen LogP contribution is -2.14. The maximum absolute atomic E-state index is 8.84. The Labute approximate surface area is 74.4 Å². The van der Waals surface area contributed by atoms with E-state index in [2.05, 4.69) is 18.7 Å². The van der Waals surface area contributed by atoms with Gasteiger partial charge >= 0.3 is 0 Å². The van der Waals surface area contributed by atoms with E-state index in [0.29, 0.717) is 5.92 Å². The molecule has 0 amide bonds. The van der Waals surface area contributed by atoms with Gasteiger partial charge in [-0.2, -0.15) is 5.26 Å². The molecule has 0 bridgehead atoms. The highest BCUT2D eigenvalue weighted by molar-refractivity contribution is 5.19. The van der Waals surface area contributed by atoms with Crippen molar-refractivity contribution in [3.05, 3.63) is 23.8 Å². The van der Waals surface area contributed by atoms with Crippen LogP contribution in [0.4, 0.5) is 0 Å². The minimum absolute atomic E-state index is 0.125. The van der Waals surface area contributed by atoms with Gasteiger partial charge in [-0.3, -0.25) is 0 Å². The predicted molar refractivity (Wildman–Crippen MR) is 50.4 cm³/mol. The number of nitriles is 1. The Morgan fingerprint density at radius 1 is 1.75 bits per heavy atom. The van der Waals surface area contributed by atoms with Crippen LogP contribution in [0.15, 0.2) is 23.8 Å². The minimum Gasteiger partial charge on any atom is -0.198 e. The van der Waals surface area contributed by atoms with Gasteiger partial charge in [0.15, 0.2) is 0 Å². The molecule has 0 radical (unpaired) electrons. The quantitative estimate of drug-likeness (QED) is 0.542. The summed E-state index contributed by atoms with van der Waals surface area (Å²) in [7, 11) is 0. The first-order valence-electron chi connectivity index (χ1n) is 4.36. The molecule has 0 aromatic heterocycles. The molecule has 1 nitrogen and oxygen atoms in total. The third-order valence-corrected chi connectivity index (χ3v) is 2.65. The Morgan fingerprint density at radius 3 is 2.92 bits per heavy atom. The van der Waals surface area contributed by atoms with Gasteiger partial charge in [0.05, 0.1) is 12.0 Å². The summed E-state index contributed by atoms with van der Waals surface area (Å²) in [6.07, 6.45) is 4.21. The molecule has 0 aliphatic heterocycles. The molecule has 0 saturated heterocycles. The lowest BCUT2D eigenvalue weighted by atomic mass is 9.80. The lowest BCUT2D eigenvalue weighted by molar-refractivity contribution is 0.484. The van der Waals surface area contributed by atoms with Gasteiger partial charge < -0.3 is 0 Å². The van der Waals surface area contributed by atoms with Crippen LogP contribution < -0.4 is 0 Å². The van der Waals surface area contributed by atoms with Crippen LogP contribution in [0.1, 0.15) is 26.7 Å². The fourth-order valence-electron chi connectivity index (χ4n) is 1.59. The highest BCUT2D eigenvalue weighted by Crippen LogP contribution is 2.31. The molecule has 2 atom stereocenters. The smallest absolute Gasteiger partial charge is 0.0700 e. The van der Waals surface area contributed by atoms with E-state index in [1.54, 1.807) is 0 Å². The van der Waals surface area contributed by atoms with Crippen LogP contribution in [0.3, 0.4) is 0 Å². The van der Waals surface area contributed by atoms with Gasteiger partial charge in [-0.15, -0.1) is 0 Å². The molecule has 0 aromatic rings. The summed E-state index contributed by atoms with van der Waals surface area (Å²) in [4.78, 5) is 0. The summed E-state index contributed by atoms with van der Waals surface area (Å²) in [5.41, 5.74) is 2.44. The van der Waals surface area contributed by atoms with Gasteiger partial charge in [0.1, 0.15) is 0 Å². The van der Waals surface area contributed by atoms with E-state index in [4.69, 9.17) is 5.26 Å². The molecule has 0 unspecified atom stereocenters. The summed E-state index contributed by atoms with van der Waals surface area (Å²) in [6.45, 7) is 8.03. The van der Waals surface area contributed by atoms with Crippen molar-refractivity contribution in [1.29, 1.82) is 5.26 Å². The molecule has 0 spiro atoms. The van der Waals surface area contributed by atoms with Crippen molar-refractivity contribution in [2.75, 3.05) is 0 Å². The first-order chi connectivity index (χ1) is 5.65. The second-order valence-electron chi connectivity index (χ2n) is 3.64. The average Bonchev–Trinajstić information content (AvgIpc) is 2.05. The molecule has 1 aliphatic carbocycles. The van der Waals surface area contributed by atoms with Crippen LogP contribution in [0, 0.1) is 23.2 Å². The average molecular weight is 161 g/mol. The van der Waals surface area contributed by atoms with Crippen molar-refractivity contribution in [2.45, 2.75) is 26.7 Å². The zero-order chi connectivity index (χ0) is 9.14. The van der Waals surface area contributed by atoms with E-state index in [0.717, 1.165) is 12.8 Å². The topological polar surface area (TPSA) is 23.8 Å². The largest absolute Gasteiger partial charge is 0.198 e. The number of nitrogens with zero attached hydrogens (tertiary/aromatic N) is 1. The normalized spacial score (nSPS) is 28.9. The Kier molecular flexibility index (Phi) is 2.70. The van der Waals surface area contributed by atoms with E-state index in [9.17, 15) is 0 Å². The third kappa shape index (κ3) is 1.76. The second kappa shape index (κ2) is 3.58. The van der Waals surface area contributed by atoms with Gasteiger partial charge in [-0.25, -0.2) is 0 Å². The predicted octanol–water partition coefficient (Wildman–Crippen LogP) is 3.06. The van der Waals surface area contributed by atoms with E-state index >= 15 is 0 Å². The first-order valence-corrected chi connectivity index (χ1v) is 4.36. The monoisotopic (exact) mass is 161 g/mol. The van der Waals surface area contributed by atoms with Crippen molar-refractivity contribution >= 4 is 0 Å². The Bertz CT molecular complexity index is 255. The van der Waals surface area contributed by atoms with E-state index < -0.39 is 0 Å². The number of hydrogen-bond acceptors (Lipinski definition) is 1. The maximum Gasteiger partial charge on any atom is 0.0700 e. The Hall–Kier alpha value is -1.03. The van der Waals surface area contributed by atoms with Crippen molar-refractivity contribution in [3.63, 3.8) is 0 Å². The van der Waals surface area contributed by atoms with Crippen LogP contribution in [0.2, 0.25) is 0 Å². The fraction of sp³-hybridized carbons (Fsp3) is 0.545. The molecule has 0 fully saturated rings. The second-order valence-corrected chi connectivity index (χ2v) is 3.64. The molecule has 12 heavy (non-hydrogen) atoms.